The number of amides is 2. The van der Waals surface area contributed by atoms with Gasteiger partial charge in [-0.05, 0) is 24.8 Å². The van der Waals surface area contributed by atoms with Crippen molar-refractivity contribution in [2.24, 2.45) is 11.8 Å². The van der Waals surface area contributed by atoms with Crippen LogP contribution in [0.25, 0.3) is 0 Å². The fourth-order valence-corrected chi connectivity index (χ4v) is 3.21. The van der Waals surface area contributed by atoms with Gasteiger partial charge in [0.1, 0.15) is 6.04 Å². The number of nitrogens with one attached hydrogen (secondary N) is 1. The number of benzene rings is 1. The number of carboxylic acid groups (broad SMARTS) is 1. The molecular weight excluding hydrogens is 320 g/mol. The summed E-state index contributed by atoms with van der Waals surface area (Å²) in [6, 6.07) is 7.10. The molecule has 2 aliphatic rings. The van der Waals surface area contributed by atoms with Crippen molar-refractivity contribution in [3.05, 3.63) is 35.4 Å². The van der Waals surface area contributed by atoms with Gasteiger partial charge in [0.25, 0.3) is 0 Å². The van der Waals surface area contributed by atoms with Gasteiger partial charge in [0.05, 0.1) is 5.92 Å². The molecule has 2 unspecified atom stereocenters. The summed E-state index contributed by atoms with van der Waals surface area (Å²) < 4.78 is 0. The predicted octanol–water partition coefficient (Wildman–Crippen LogP) is 1.71. The number of carboxylic acids is 1. The molecule has 1 aromatic carbocycles. The van der Waals surface area contributed by atoms with E-state index in [0.717, 1.165) is 24.0 Å². The van der Waals surface area contributed by atoms with E-state index >= 15 is 0 Å². The molecule has 0 spiro atoms. The molecule has 6 nitrogen and oxygen atoms in total. The highest BCUT2D eigenvalue weighted by molar-refractivity contribution is 5.91. The summed E-state index contributed by atoms with van der Waals surface area (Å²) in [5.74, 6) is -1.45. The van der Waals surface area contributed by atoms with E-state index in [1.54, 1.807) is 4.90 Å². The first-order valence-corrected chi connectivity index (χ1v) is 8.79. The van der Waals surface area contributed by atoms with Crippen LogP contribution in [0, 0.1) is 18.8 Å². The molecule has 134 valence electrons. The topological polar surface area (TPSA) is 86.7 Å². The van der Waals surface area contributed by atoms with Gasteiger partial charge < -0.3 is 15.3 Å². The number of hydrogen-bond acceptors (Lipinski definition) is 3. The molecule has 1 aliphatic carbocycles. The second-order valence-corrected chi connectivity index (χ2v) is 7.24. The fourth-order valence-electron chi connectivity index (χ4n) is 3.21. The maximum absolute atomic E-state index is 12.4. The Kier molecular flexibility index (Phi) is 5.06. The van der Waals surface area contributed by atoms with E-state index in [1.165, 1.54) is 0 Å². The van der Waals surface area contributed by atoms with Gasteiger partial charge in [0, 0.05) is 19.5 Å². The second-order valence-electron chi connectivity index (χ2n) is 7.24. The second kappa shape index (κ2) is 7.25. The third kappa shape index (κ3) is 4.59. The maximum Gasteiger partial charge on any atom is 0.326 e. The van der Waals surface area contributed by atoms with Gasteiger partial charge in [-0.25, -0.2) is 4.79 Å². The highest BCUT2D eigenvalue weighted by Crippen LogP contribution is 2.33. The fraction of sp³-hybridized carbons (Fsp3) is 0.526. The van der Waals surface area contributed by atoms with E-state index in [0.29, 0.717) is 25.4 Å². The van der Waals surface area contributed by atoms with Gasteiger partial charge >= 0.3 is 5.97 Å². The van der Waals surface area contributed by atoms with Crippen molar-refractivity contribution < 1.29 is 19.5 Å². The Morgan fingerprint density at radius 2 is 1.96 bits per heavy atom. The molecule has 0 bridgehead atoms. The minimum absolute atomic E-state index is 0.0604. The van der Waals surface area contributed by atoms with Crippen molar-refractivity contribution in [1.29, 1.82) is 0 Å². The number of carbonyl (C=O) groups excluding carboxylic acids is 2. The molecule has 1 saturated carbocycles. The van der Waals surface area contributed by atoms with Crippen molar-refractivity contribution in [2.45, 2.75) is 45.2 Å². The van der Waals surface area contributed by atoms with E-state index in [4.69, 9.17) is 0 Å². The average Bonchev–Trinajstić information content (AvgIpc) is 3.31. The Morgan fingerprint density at radius 3 is 2.56 bits per heavy atom. The summed E-state index contributed by atoms with van der Waals surface area (Å²) in [7, 11) is 0. The summed E-state index contributed by atoms with van der Waals surface area (Å²) in [6.07, 6.45) is 2.69. The first-order chi connectivity index (χ1) is 11.9. The Bertz CT molecular complexity index is 667. The van der Waals surface area contributed by atoms with Crippen LogP contribution < -0.4 is 5.32 Å². The van der Waals surface area contributed by atoms with E-state index in [9.17, 15) is 19.5 Å². The molecule has 1 aromatic rings. The van der Waals surface area contributed by atoms with Crippen molar-refractivity contribution in [2.75, 3.05) is 6.54 Å². The minimum atomic E-state index is -0.999. The van der Waals surface area contributed by atoms with Crippen LogP contribution in [0.1, 0.15) is 36.8 Å². The molecular formula is C19H24N2O4. The number of aryl methyl sites for hydroxylation is 1. The van der Waals surface area contributed by atoms with E-state index in [1.807, 2.05) is 31.2 Å². The van der Waals surface area contributed by atoms with Crippen molar-refractivity contribution in [3.63, 3.8) is 0 Å². The van der Waals surface area contributed by atoms with E-state index in [-0.39, 0.29) is 18.2 Å². The van der Waals surface area contributed by atoms with Crippen LogP contribution in [0.4, 0.5) is 0 Å². The molecule has 1 heterocycles. The Balaban J connectivity index is 1.56. The lowest BCUT2D eigenvalue weighted by Gasteiger charge is -2.18. The third-order valence-corrected chi connectivity index (χ3v) is 4.96. The molecule has 2 fully saturated rings. The van der Waals surface area contributed by atoms with Crippen LogP contribution in [-0.4, -0.2) is 40.4 Å². The molecule has 1 saturated heterocycles. The molecule has 2 atom stereocenters. The smallest absolute Gasteiger partial charge is 0.326 e. The van der Waals surface area contributed by atoms with Gasteiger partial charge in [-0.15, -0.1) is 0 Å². The standard InChI is InChI=1S/C19H24N2O4/c1-12-2-4-14(5-3-12)10-21-11-15(9-17(21)22)18(23)20-16(19(24)25)8-13-6-7-13/h2-5,13,15-16H,6-11H2,1H3,(H,20,23)(H,24,25). The molecule has 2 N–H and O–H groups in total. The normalized spacial score (nSPS) is 21.2. The molecule has 2 amide bonds. The molecule has 6 heteroatoms. The predicted molar refractivity (Wildman–Crippen MR) is 91.6 cm³/mol. The van der Waals surface area contributed by atoms with E-state index < -0.39 is 17.9 Å². The molecule has 0 radical (unpaired) electrons. The summed E-state index contributed by atoms with van der Waals surface area (Å²) in [6.45, 7) is 2.83. The average molecular weight is 344 g/mol. The highest BCUT2D eigenvalue weighted by atomic mass is 16.4. The number of nitrogens with zero attached hydrogens (tertiary/aromatic N) is 1. The summed E-state index contributed by atoms with van der Waals surface area (Å²) in [4.78, 5) is 37.6. The van der Waals surface area contributed by atoms with E-state index in [2.05, 4.69) is 5.32 Å². The van der Waals surface area contributed by atoms with Gasteiger partial charge in [-0.3, -0.25) is 9.59 Å². The number of aliphatic carboxylic acids is 1. The monoisotopic (exact) mass is 344 g/mol. The molecule has 25 heavy (non-hydrogen) atoms. The lowest BCUT2D eigenvalue weighted by atomic mass is 10.1. The Labute approximate surface area is 147 Å². The lowest BCUT2D eigenvalue weighted by Crippen LogP contribution is -2.44. The van der Waals surface area contributed by atoms with Gasteiger partial charge in [-0.2, -0.15) is 0 Å². The maximum atomic E-state index is 12.4. The third-order valence-electron chi connectivity index (χ3n) is 4.96. The SMILES string of the molecule is Cc1ccc(CN2CC(C(=O)NC(CC3CC3)C(=O)O)CC2=O)cc1. The van der Waals surface area contributed by atoms with Crippen LogP contribution in [0.5, 0.6) is 0 Å². The Hall–Kier alpha value is -2.37. The first-order valence-electron chi connectivity index (χ1n) is 8.79. The zero-order valence-electron chi connectivity index (χ0n) is 14.4. The molecule has 3 rings (SSSR count). The van der Waals surface area contributed by atoms with Crippen molar-refractivity contribution in [1.82, 2.24) is 10.2 Å². The highest BCUT2D eigenvalue weighted by Gasteiger charge is 2.37. The summed E-state index contributed by atoms with van der Waals surface area (Å²) >= 11 is 0. The molecule has 0 aromatic heterocycles. The molecule has 1 aliphatic heterocycles. The van der Waals surface area contributed by atoms with Crippen molar-refractivity contribution >= 4 is 17.8 Å². The zero-order chi connectivity index (χ0) is 18.0. The van der Waals surface area contributed by atoms with Gasteiger partial charge in [0.2, 0.25) is 11.8 Å². The summed E-state index contributed by atoms with van der Waals surface area (Å²) in [5, 5.41) is 11.9. The van der Waals surface area contributed by atoms with Crippen molar-refractivity contribution in [3.8, 4) is 0 Å². The van der Waals surface area contributed by atoms with Crippen LogP contribution in [0.2, 0.25) is 0 Å². The van der Waals surface area contributed by atoms with Crippen LogP contribution in [0.3, 0.4) is 0 Å². The Morgan fingerprint density at radius 1 is 1.28 bits per heavy atom. The van der Waals surface area contributed by atoms with Crippen LogP contribution >= 0.6 is 0 Å². The number of rotatable bonds is 7. The number of hydrogen-bond donors (Lipinski definition) is 2. The van der Waals surface area contributed by atoms with Crippen LogP contribution in [-0.2, 0) is 20.9 Å². The largest absolute Gasteiger partial charge is 0.480 e. The number of carbonyl (C=O) groups is 3. The van der Waals surface area contributed by atoms with Gasteiger partial charge in [-0.1, -0.05) is 42.7 Å². The lowest BCUT2D eigenvalue weighted by molar-refractivity contribution is -0.142. The minimum Gasteiger partial charge on any atom is -0.480 e. The first kappa shape index (κ1) is 17.5. The van der Waals surface area contributed by atoms with Crippen LogP contribution in [0.15, 0.2) is 24.3 Å². The van der Waals surface area contributed by atoms with Gasteiger partial charge in [0.15, 0.2) is 0 Å². The quantitative estimate of drug-likeness (QED) is 0.788. The number of likely N-dealkylation sites (tertiary alicyclic amines) is 1. The summed E-state index contributed by atoms with van der Waals surface area (Å²) in [5.41, 5.74) is 2.18. The zero-order valence-corrected chi connectivity index (χ0v) is 14.4.